The minimum atomic E-state index is -0.625. The Kier molecular flexibility index (Phi) is 4.87. The molecule has 2 aromatic carbocycles. The van der Waals surface area contributed by atoms with Crippen molar-refractivity contribution in [1.29, 1.82) is 0 Å². The molecule has 4 heterocycles. The molecule has 9 heteroatoms. The van der Waals surface area contributed by atoms with Crippen LogP contribution >= 0.6 is 11.6 Å². The van der Waals surface area contributed by atoms with Gasteiger partial charge in [-0.05, 0) is 22.4 Å². The number of aromatic nitrogens is 3. The second-order valence-electron chi connectivity index (χ2n) is 8.04. The van der Waals surface area contributed by atoms with Crippen molar-refractivity contribution in [3.05, 3.63) is 59.1 Å². The lowest BCUT2D eigenvalue weighted by atomic mass is 10.0. The Hall–Kier alpha value is -2.91. The van der Waals surface area contributed by atoms with Crippen LogP contribution in [0.15, 0.2) is 48.5 Å². The first-order chi connectivity index (χ1) is 15.7. The topological polar surface area (TPSA) is 102 Å². The van der Waals surface area contributed by atoms with Crippen LogP contribution in [0.5, 0.6) is 6.01 Å². The number of nitrogens with zero attached hydrogens (tertiary/aromatic N) is 2. The number of hydrogen-bond donors (Lipinski definition) is 3. The highest BCUT2D eigenvalue weighted by molar-refractivity contribution is 6.33. The molecule has 2 saturated heterocycles. The van der Waals surface area contributed by atoms with E-state index in [1.165, 1.54) is 10.8 Å². The third kappa shape index (κ3) is 3.45. The van der Waals surface area contributed by atoms with E-state index in [9.17, 15) is 5.11 Å². The number of imidazole rings is 1. The smallest absolute Gasteiger partial charge is 0.296 e. The largest absolute Gasteiger partial charge is 0.456 e. The van der Waals surface area contributed by atoms with Gasteiger partial charge in [0.25, 0.3) is 6.01 Å². The van der Waals surface area contributed by atoms with E-state index in [1.807, 2.05) is 18.2 Å². The van der Waals surface area contributed by atoms with Gasteiger partial charge in [-0.2, -0.15) is 4.98 Å². The molecular formula is C23H21ClN4O4. The second kappa shape index (κ2) is 7.90. The van der Waals surface area contributed by atoms with Crippen molar-refractivity contribution in [2.75, 3.05) is 18.5 Å². The van der Waals surface area contributed by atoms with Crippen LogP contribution in [0.3, 0.4) is 0 Å². The number of aliphatic hydroxyl groups excluding tert-OH is 1. The average molecular weight is 453 g/mol. The number of aromatic amines is 1. The molecule has 6 rings (SSSR count). The summed E-state index contributed by atoms with van der Waals surface area (Å²) >= 11 is 6.47. The number of benzene rings is 2. The molecule has 32 heavy (non-hydrogen) atoms. The molecule has 0 radical (unpaired) electrons. The normalized spacial score (nSPS) is 24.8. The predicted octanol–water partition coefficient (Wildman–Crippen LogP) is 3.28. The molecule has 4 atom stereocenters. The molecule has 1 unspecified atom stereocenters. The lowest BCUT2D eigenvalue weighted by molar-refractivity contribution is 0.00706. The highest BCUT2D eigenvalue weighted by Crippen LogP contribution is 2.31. The van der Waals surface area contributed by atoms with Gasteiger partial charge in [-0.1, -0.05) is 54.1 Å². The Morgan fingerprint density at radius 3 is 2.88 bits per heavy atom. The number of ether oxygens (including phenoxy) is 3. The Balaban J connectivity index is 1.21. The standard InChI is InChI=1S/C23H21ClN4O4/c24-15-8-16-22(28-23(26-16)32-18-11-31-19-17(29)10-30-20(18)19)27-21(15)25-9-13-6-3-5-12-4-1-2-7-14(12)13/h1-8,17-20,29H,9-11H2,(H2,25,26,27,28)/t17-,18-,19-,20?/m1/s1. The number of hydrogen-bond acceptors (Lipinski definition) is 7. The third-order valence-electron chi connectivity index (χ3n) is 5.98. The predicted molar refractivity (Wildman–Crippen MR) is 120 cm³/mol. The molecule has 0 spiro atoms. The molecule has 2 aromatic heterocycles. The fourth-order valence-corrected chi connectivity index (χ4v) is 4.61. The van der Waals surface area contributed by atoms with Crippen LogP contribution in [0.25, 0.3) is 21.9 Å². The Morgan fingerprint density at radius 2 is 1.94 bits per heavy atom. The van der Waals surface area contributed by atoms with Crippen LogP contribution in [0.2, 0.25) is 5.02 Å². The summed E-state index contributed by atoms with van der Waals surface area (Å²) < 4.78 is 17.2. The number of halogens is 1. The number of pyridine rings is 1. The maximum Gasteiger partial charge on any atom is 0.296 e. The van der Waals surface area contributed by atoms with Gasteiger partial charge in [0.1, 0.15) is 24.1 Å². The molecule has 0 amide bonds. The fraction of sp³-hybridized carbons (Fsp3) is 0.304. The second-order valence-corrected chi connectivity index (χ2v) is 8.45. The van der Waals surface area contributed by atoms with Gasteiger partial charge in [-0.3, -0.25) is 0 Å². The molecule has 3 N–H and O–H groups in total. The van der Waals surface area contributed by atoms with E-state index in [-0.39, 0.29) is 24.9 Å². The first-order valence-electron chi connectivity index (χ1n) is 10.5. The maximum atomic E-state index is 9.89. The highest BCUT2D eigenvalue weighted by Gasteiger charge is 2.48. The van der Waals surface area contributed by atoms with E-state index >= 15 is 0 Å². The lowest BCUT2D eigenvalue weighted by Gasteiger charge is -2.15. The van der Waals surface area contributed by atoms with E-state index in [0.29, 0.717) is 41.2 Å². The lowest BCUT2D eigenvalue weighted by Crippen LogP contribution is -2.34. The van der Waals surface area contributed by atoms with E-state index in [4.69, 9.17) is 25.8 Å². The maximum absolute atomic E-state index is 9.89. The summed E-state index contributed by atoms with van der Waals surface area (Å²) in [5.74, 6) is 0.552. The zero-order valence-corrected chi connectivity index (χ0v) is 17.7. The molecule has 0 aliphatic carbocycles. The SMILES string of the molecule is O[C@@H]1COC2[C@H](Oc3nc4nc(NCc5cccc6ccccc56)c(Cl)cc4[nH]3)CO[C@@H]21. The van der Waals surface area contributed by atoms with Gasteiger partial charge >= 0.3 is 0 Å². The first kappa shape index (κ1) is 19.8. The van der Waals surface area contributed by atoms with E-state index < -0.39 is 6.10 Å². The molecule has 4 aromatic rings. The van der Waals surface area contributed by atoms with Gasteiger partial charge < -0.3 is 29.6 Å². The minimum Gasteiger partial charge on any atom is -0.456 e. The summed E-state index contributed by atoms with van der Waals surface area (Å²) in [6, 6.07) is 16.6. The van der Waals surface area contributed by atoms with Crippen molar-refractivity contribution in [3.8, 4) is 6.01 Å². The molecule has 2 aliphatic heterocycles. The minimum absolute atomic E-state index is 0.248. The van der Waals surface area contributed by atoms with Gasteiger partial charge in [0.15, 0.2) is 11.8 Å². The van der Waals surface area contributed by atoms with Gasteiger partial charge in [0, 0.05) is 6.54 Å². The van der Waals surface area contributed by atoms with E-state index in [0.717, 1.165) is 5.56 Å². The van der Waals surface area contributed by atoms with Crippen LogP contribution in [0.4, 0.5) is 5.82 Å². The van der Waals surface area contributed by atoms with Gasteiger partial charge in [-0.25, -0.2) is 4.98 Å². The van der Waals surface area contributed by atoms with Crippen LogP contribution in [-0.4, -0.2) is 57.7 Å². The number of H-pyrrole nitrogens is 1. The van der Waals surface area contributed by atoms with Crippen molar-refractivity contribution in [2.45, 2.75) is 31.0 Å². The Labute approximate surface area is 188 Å². The van der Waals surface area contributed by atoms with E-state index in [2.05, 4.69) is 44.5 Å². The number of rotatable bonds is 5. The van der Waals surface area contributed by atoms with Crippen LogP contribution in [0, 0.1) is 0 Å². The van der Waals surface area contributed by atoms with Crippen molar-refractivity contribution >= 4 is 39.4 Å². The van der Waals surface area contributed by atoms with Crippen LogP contribution in [0.1, 0.15) is 5.56 Å². The Bertz CT molecular complexity index is 1290. The summed E-state index contributed by atoms with van der Waals surface area (Å²) in [5, 5.41) is 16.1. The number of aliphatic hydroxyl groups is 1. The summed E-state index contributed by atoms with van der Waals surface area (Å²) in [5.41, 5.74) is 2.32. The van der Waals surface area contributed by atoms with Crippen molar-refractivity contribution in [3.63, 3.8) is 0 Å². The number of nitrogens with one attached hydrogen (secondary N) is 2. The van der Waals surface area contributed by atoms with Gasteiger partial charge in [-0.15, -0.1) is 0 Å². The summed E-state index contributed by atoms with van der Waals surface area (Å²) in [7, 11) is 0. The fourth-order valence-electron chi connectivity index (χ4n) is 4.39. The van der Waals surface area contributed by atoms with Crippen LogP contribution in [-0.2, 0) is 16.0 Å². The molecule has 2 fully saturated rings. The Morgan fingerprint density at radius 1 is 1.09 bits per heavy atom. The van der Waals surface area contributed by atoms with Crippen LogP contribution < -0.4 is 10.1 Å². The molecule has 0 saturated carbocycles. The summed E-state index contributed by atoms with van der Waals surface area (Å²) in [6.07, 6.45) is -1.65. The molecular weight excluding hydrogens is 432 g/mol. The summed E-state index contributed by atoms with van der Waals surface area (Å²) in [4.78, 5) is 12.1. The molecule has 0 bridgehead atoms. The number of fused-ring (bicyclic) bond motifs is 3. The van der Waals surface area contributed by atoms with Gasteiger partial charge in [0.2, 0.25) is 0 Å². The average Bonchev–Trinajstić information content (AvgIpc) is 3.49. The quantitative estimate of drug-likeness (QED) is 0.427. The monoisotopic (exact) mass is 452 g/mol. The zero-order chi connectivity index (χ0) is 21.7. The first-order valence-corrected chi connectivity index (χ1v) is 10.9. The molecule has 2 aliphatic rings. The molecule has 164 valence electrons. The van der Waals surface area contributed by atoms with Gasteiger partial charge in [0.05, 0.1) is 23.8 Å². The molecule has 8 nitrogen and oxygen atoms in total. The van der Waals surface area contributed by atoms with Crippen molar-refractivity contribution in [1.82, 2.24) is 15.0 Å². The van der Waals surface area contributed by atoms with E-state index in [1.54, 1.807) is 6.07 Å². The van der Waals surface area contributed by atoms with Crippen molar-refractivity contribution in [2.24, 2.45) is 0 Å². The highest BCUT2D eigenvalue weighted by atomic mass is 35.5. The summed E-state index contributed by atoms with van der Waals surface area (Å²) in [6.45, 7) is 1.16. The van der Waals surface area contributed by atoms with Crippen molar-refractivity contribution < 1.29 is 19.3 Å². The zero-order valence-electron chi connectivity index (χ0n) is 17.0. The number of anilines is 1. The third-order valence-corrected chi connectivity index (χ3v) is 6.26.